The van der Waals surface area contributed by atoms with Crippen LogP contribution in [0.15, 0.2) is 42.6 Å². The van der Waals surface area contributed by atoms with Gasteiger partial charge in [0.2, 0.25) is 0 Å². The molecule has 1 aromatic heterocycles. The fraction of sp³-hybridized carbons (Fsp3) is 0.267. The lowest BCUT2D eigenvalue weighted by Gasteiger charge is -2.05. The molecule has 2 aromatic rings. The molecule has 1 nitrogen and oxygen atoms in total. The molecule has 0 atom stereocenters. The second-order valence-corrected chi connectivity index (χ2v) is 4.57. The SMILES string of the molecule is Cc1ccccc1-c1ccc(C2CC2)cn1. The van der Waals surface area contributed by atoms with Gasteiger partial charge in [0.25, 0.3) is 0 Å². The molecule has 1 heteroatoms. The van der Waals surface area contributed by atoms with Crippen molar-refractivity contribution in [3.05, 3.63) is 53.7 Å². The first-order valence-electron chi connectivity index (χ1n) is 5.86. The lowest BCUT2D eigenvalue weighted by atomic mass is 10.0. The van der Waals surface area contributed by atoms with Crippen molar-refractivity contribution in [1.82, 2.24) is 4.98 Å². The standard InChI is InChI=1S/C15H15N/c1-11-4-2-3-5-14(11)15-9-8-13(10-16-15)12-6-7-12/h2-5,8-10,12H,6-7H2,1H3. The van der Waals surface area contributed by atoms with E-state index in [0.29, 0.717) is 0 Å². The predicted octanol–water partition coefficient (Wildman–Crippen LogP) is 3.93. The van der Waals surface area contributed by atoms with Gasteiger partial charge in [-0.2, -0.15) is 0 Å². The van der Waals surface area contributed by atoms with Crippen LogP contribution < -0.4 is 0 Å². The Morgan fingerprint density at radius 2 is 1.88 bits per heavy atom. The molecule has 1 saturated carbocycles. The quantitative estimate of drug-likeness (QED) is 0.730. The molecule has 80 valence electrons. The minimum atomic E-state index is 0.790. The van der Waals surface area contributed by atoms with E-state index in [4.69, 9.17) is 0 Å². The fourth-order valence-electron chi connectivity index (χ4n) is 2.08. The topological polar surface area (TPSA) is 12.9 Å². The molecule has 0 spiro atoms. The van der Waals surface area contributed by atoms with Crippen LogP contribution in [0.25, 0.3) is 11.3 Å². The number of pyridine rings is 1. The van der Waals surface area contributed by atoms with Crippen LogP contribution in [-0.4, -0.2) is 4.98 Å². The molecule has 0 N–H and O–H groups in total. The molecule has 1 fully saturated rings. The van der Waals surface area contributed by atoms with E-state index in [1.165, 1.54) is 29.5 Å². The van der Waals surface area contributed by atoms with Gasteiger partial charge in [0, 0.05) is 11.8 Å². The fourth-order valence-corrected chi connectivity index (χ4v) is 2.08. The van der Waals surface area contributed by atoms with Crippen molar-refractivity contribution < 1.29 is 0 Å². The minimum absolute atomic E-state index is 0.790. The van der Waals surface area contributed by atoms with Crippen LogP contribution in [0, 0.1) is 6.92 Å². The van der Waals surface area contributed by atoms with E-state index in [-0.39, 0.29) is 0 Å². The maximum absolute atomic E-state index is 4.57. The Hall–Kier alpha value is -1.63. The van der Waals surface area contributed by atoms with Crippen molar-refractivity contribution >= 4 is 0 Å². The van der Waals surface area contributed by atoms with E-state index >= 15 is 0 Å². The highest BCUT2D eigenvalue weighted by Gasteiger charge is 2.23. The van der Waals surface area contributed by atoms with Crippen molar-refractivity contribution in [2.75, 3.05) is 0 Å². The third-order valence-corrected chi connectivity index (χ3v) is 3.26. The Morgan fingerprint density at radius 1 is 1.06 bits per heavy atom. The second kappa shape index (κ2) is 3.75. The average molecular weight is 209 g/mol. The molecule has 0 saturated heterocycles. The molecule has 16 heavy (non-hydrogen) atoms. The Morgan fingerprint density at radius 3 is 2.50 bits per heavy atom. The van der Waals surface area contributed by atoms with Crippen LogP contribution >= 0.6 is 0 Å². The summed E-state index contributed by atoms with van der Waals surface area (Å²) in [6, 6.07) is 12.8. The van der Waals surface area contributed by atoms with Gasteiger partial charge in [0.15, 0.2) is 0 Å². The Kier molecular flexibility index (Phi) is 2.24. The summed E-state index contributed by atoms with van der Waals surface area (Å²) in [4.78, 5) is 4.57. The summed E-state index contributed by atoms with van der Waals surface area (Å²) >= 11 is 0. The van der Waals surface area contributed by atoms with E-state index < -0.39 is 0 Å². The van der Waals surface area contributed by atoms with Crippen LogP contribution in [0.1, 0.15) is 29.9 Å². The van der Waals surface area contributed by atoms with Gasteiger partial charge in [-0.1, -0.05) is 30.3 Å². The molecule has 0 unspecified atom stereocenters. The molecule has 0 bridgehead atoms. The molecular weight excluding hydrogens is 194 g/mol. The van der Waals surface area contributed by atoms with Crippen molar-refractivity contribution in [1.29, 1.82) is 0 Å². The molecule has 0 amide bonds. The Balaban J connectivity index is 1.97. The predicted molar refractivity (Wildman–Crippen MR) is 66.4 cm³/mol. The van der Waals surface area contributed by atoms with Gasteiger partial charge in [-0.05, 0) is 42.9 Å². The number of hydrogen-bond donors (Lipinski definition) is 0. The van der Waals surface area contributed by atoms with Gasteiger partial charge >= 0.3 is 0 Å². The van der Waals surface area contributed by atoms with E-state index in [9.17, 15) is 0 Å². The Labute approximate surface area is 96.2 Å². The minimum Gasteiger partial charge on any atom is -0.256 e. The van der Waals surface area contributed by atoms with Crippen LogP contribution in [0.2, 0.25) is 0 Å². The molecule has 1 aliphatic carbocycles. The van der Waals surface area contributed by atoms with Gasteiger partial charge in [-0.15, -0.1) is 0 Å². The van der Waals surface area contributed by atoms with Gasteiger partial charge in [-0.25, -0.2) is 0 Å². The van der Waals surface area contributed by atoms with Crippen LogP contribution in [-0.2, 0) is 0 Å². The number of benzene rings is 1. The van der Waals surface area contributed by atoms with Crippen molar-refractivity contribution in [2.24, 2.45) is 0 Å². The number of nitrogens with zero attached hydrogens (tertiary/aromatic N) is 1. The molecule has 0 radical (unpaired) electrons. The lowest BCUT2D eigenvalue weighted by Crippen LogP contribution is -1.88. The summed E-state index contributed by atoms with van der Waals surface area (Å²) in [6.45, 7) is 2.13. The number of aryl methyl sites for hydroxylation is 1. The zero-order chi connectivity index (χ0) is 11.0. The third-order valence-electron chi connectivity index (χ3n) is 3.26. The molecule has 3 rings (SSSR count). The highest BCUT2D eigenvalue weighted by atomic mass is 14.7. The highest BCUT2D eigenvalue weighted by molar-refractivity contribution is 5.63. The molecule has 0 aliphatic heterocycles. The zero-order valence-corrected chi connectivity index (χ0v) is 9.48. The van der Waals surface area contributed by atoms with E-state index in [1.807, 2.05) is 6.20 Å². The number of hydrogen-bond acceptors (Lipinski definition) is 1. The summed E-state index contributed by atoms with van der Waals surface area (Å²) in [5, 5.41) is 0. The summed E-state index contributed by atoms with van der Waals surface area (Å²) in [5.41, 5.74) is 5.01. The van der Waals surface area contributed by atoms with Crippen molar-refractivity contribution in [3.63, 3.8) is 0 Å². The summed E-state index contributed by atoms with van der Waals surface area (Å²) in [6.07, 6.45) is 4.72. The van der Waals surface area contributed by atoms with Gasteiger partial charge < -0.3 is 0 Å². The molecule has 1 aliphatic rings. The van der Waals surface area contributed by atoms with Gasteiger partial charge in [0.05, 0.1) is 5.69 Å². The smallest absolute Gasteiger partial charge is 0.0704 e. The van der Waals surface area contributed by atoms with Crippen LogP contribution in [0.5, 0.6) is 0 Å². The summed E-state index contributed by atoms with van der Waals surface area (Å²) in [5.74, 6) is 0.790. The average Bonchev–Trinajstić information content (AvgIpc) is 3.14. The lowest BCUT2D eigenvalue weighted by molar-refractivity contribution is 1.09. The molecule has 1 heterocycles. The Bertz CT molecular complexity index is 495. The van der Waals surface area contributed by atoms with E-state index in [0.717, 1.165) is 11.6 Å². The van der Waals surface area contributed by atoms with Crippen LogP contribution in [0.4, 0.5) is 0 Å². The maximum atomic E-state index is 4.57. The second-order valence-electron chi connectivity index (χ2n) is 4.57. The largest absolute Gasteiger partial charge is 0.256 e. The third kappa shape index (κ3) is 1.73. The first-order chi connectivity index (χ1) is 7.84. The van der Waals surface area contributed by atoms with Crippen molar-refractivity contribution in [3.8, 4) is 11.3 Å². The zero-order valence-electron chi connectivity index (χ0n) is 9.48. The summed E-state index contributed by atoms with van der Waals surface area (Å²) < 4.78 is 0. The maximum Gasteiger partial charge on any atom is 0.0704 e. The molecular formula is C15H15N. The van der Waals surface area contributed by atoms with E-state index in [2.05, 4.69) is 48.3 Å². The van der Waals surface area contributed by atoms with Gasteiger partial charge in [0.1, 0.15) is 0 Å². The number of rotatable bonds is 2. The van der Waals surface area contributed by atoms with E-state index in [1.54, 1.807) is 0 Å². The summed E-state index contributed by atoms with van der Waals surface area (Å²) in [7, 11) is 0. The monoisotopic (exact) mass is 209 g/mol. The van der Waals surface area contributed by atoms with Crippen molar-refractivity contribution in [2.45, 2.75) is 25.7 Å². The molecule has 1 aromatic carbocycles. The first-order valence-corrected chi connectivity index (χ1v) is 5.86. The van der Waals surface area contributed by atoms with Crippen LogP contribution in [0.3, 0.4) is 0 Å². The normalized spacial score (nSPS) is 15.1. The number of aromatic nitrogens is 1. The highest BCUT2D eigenvalue weighted by Crippen LogP contribution is 2.39. The van der Waals surface area contributed by atoms with Gasteiger partial charge in [-0.3, -0.25) is 4.98 Å². The first kappa shape index (κ1) is 9.59.